The zero-order chi connectivity index (χ0) is 11.4. The third-order valence-corrected chi connectivity index (χ3v) is 3.61. The molecule has 2 rings (SSSR count). The fraction of sp³-hybridized carbons (Fsp3) is 0.538. The average Bonchev–Trinajstić information content (AvgIpc) is 2.31. The van der Waals surface area contributed by atoms with Gasteiger partial charge in [0.05, 0.1) is 0 Å². The van der Waals surface area contributed by atoms with E-state index < -0.39 is 0 Å². The quantitative estimate of drug-likeness (QED) is 0.919. The van der Waals surface area contributed by atoms with E-state index in [2.05, 4.69) is 52.4 Å². The lowest BCUT2D eigenvalue weighted by Gasteiger charge is -2.27. The van der Waals surface area contributed by atoms with Crippen molar-refractivity contribution in [3.05, 3.63) is 34.3 Å². The molecule has 88 valence electrons. The first-order valence-electron chi connectivity index (χ1n) is 5.85. The smallest absolute Gasteiger partial charge is 0.0480 e. The maximum atomic E-state index is 5.36. The Bertz CT molecular complexity index is 319. The molecular formula is C13H18BrNO. The molecule has 1 N–H and O–H groups in total. The van der Waals surface area contributed by atoms with Crippen molar-refractivity contribution in [2.24, 2.45) is 0 Å². The molecule has 0 bridgehead atoms. The molecule has 0 saturated carbocycles. The number of halogens is 1. The van der Waals surface area contributed by atoms with E-state index >= 15 is 0 Å². The largest absolute Gasteiger partial charge is 0.381 e. The maximum absolute atomic E-state index is 5.36. The Morgan fingerprint density at radius 3 is 2.50 bits per heavy atom. The van der Waals surface area contributed by atoms with Gasteiger partial charge >= 0.3 is 0 Å². The molecule has 0 radical (unpaired) electrons. The molecular weight excluding hydrogens is 266 g/mol. The molecule has 1 saturated heterocycles. The van der Waals surface area contributed by atoms with Gasteiger partial charge in [-0.1, -0.05) is 28.1 Å². The standard InChI is InChI=1S/C13H18BrNO/c1-10(11-2-4-12(14)5-3-11)15-13-6-8-16-9-7-13/h2-5,10,13,15H,6-9H2,1H3. The van der Waals surface area contributed by atoms with Crippen LogP contribution in [0.15, 0.2) is 28.7 Å². The van der Waals surface area contributed by atoms with Crippen LogP contribution < -0.4 is 5.32 Å². The molecule has 1 unspecified atom stereocenters. The van der Waals surface area contributed by atoms with Crippen molar-refractivity contribution in [3.63, 3.8) is 0 Å². The lowest BCUT2D eigenvalue weighted by atomic mass is 10.0. The zero-order valence-electron chi connectivity index (χ0n) is 9.58. The Kier molecular flexibility index (Phi) is 4.38. The third kappa shape index (κ3) is 3.30. The van der Waals surface area contributed by atoms with E-state index in [0.29, 0.717) is 12.1 Å². The van der Waals surface area contributed by atoms with Gasteiger partial charge in [-0.25, -0.2) is 0 Å². The van der Waals surface area contributed by atoms with Crippen LogP contribution >= 0.6 is 15.9 Å². The summed E-state index contributed by atoms with van der Waals surface area (Å²) in [4.78, 5) is 0. The van der Waals surface area contributed by atoms with Crippen molar-refractivity contribution in [2.45, 2.75) is 31.8 Å². The van der Waals surface area contributed by atoms with Gasteiger partial charge in [-0.15, -0.1) is 0 Å². The fourth-order valence-corrected chi connectivity index (χ4v) is 2.33. The second-order valence-electron chi connectivity index (χ2n) is 4.33. The summed E-state index contributed by atoms with van der Waals surface area (Å²) in [6, 6.07) is 9.54. The fourth-order valence-electron chi connectivity index (χ4n) is 2.07. The van der Waals surface area contributed by atoms with E-state index in [-0.39, 0.29) is 0 Å². The van der Waals surface area contributed by atoms with Gasteiger partial charge in [0.2, 0.25) is 0 Å². The predicted molar refractivity (Wildman–Crippen MR) is 69.5 cm³/mol. The number of ether oxygens (including phenoxy) is 1. The van der Waals surface area contributed by atoms with Gasteiger partial charge in [0.15, 0.2) is 0 Å². The van der Waals surface area contributed by atoms with Gasteiger partial charge in [0.25, 0.3) is 0 Å². The summed E-state index contributed by atoms with van der Waals surface area (Å²) in [6.45, 7) is 4.01. The Labute approximate surface area is 106 Å². The summed E-state index contributed by atoms with van der Waals surface area (Å²) < 4.78 is 6.49. The molecule has 1 heterocycles. The Morgan fingerprint density at radius 1 is 1.25 bits per heavy atom. The number of hydrogen-bond donors (Lipinski definition) is 1. The van der Waals surface area contributed by atoms with Crippen molar-refractivity contribution >= 4 is 15.9 Å². The highest BCUT2D eigenvalue weighted by atomic mass is 79.9. The van der Waals surface area contributed by atoms with Crippen LogP contribution in [0.4, 0.5) is 0 Å². The van der Waals surface area contributed by atoms with Gasteiger partial charge in [0, 0.05) is 29.8 Å². The monoisotopic (exact) mass is 283 g/mol. The first-order chi connectivity index (χ1) is 7.75. The third-order valence-electron chi connectivity index (χ3n) is 3.08. The van der Waals surface area contributed by atoms with Crippen LogP contribution in [0, 0.1) is 0 Å². The van der Waals surface area contributed by atoms with E-state index in [0.717, 1.165) is 30.5 Å². The maximum Gasteiger partial charge on any atom is 0.0480 e. The molecule has 1 fully saturated rings. The van der Waals surface area contributed by atoms with Crippen molar-refractivity contribution in [1.82, 2.24) is 5.32 Å². The van der Waals surface area contributed by atoms with Crippen LogP contribution in [0.1, 0.15) is 31.4 Å². The van der Waals surface area contributed by atoms with Gasteiger partial charge in [-0.05, 0) is 37.5 Å². The van der Waals surface area contributed by atoms with Gasteiger partial charge in [-0.2, -0.15) is 0 Å². The minimum absolute atomic E-state index is 0.413. The molecule has 1 aliphatic rings. The second-order valence-corrected chi connectivity index (χ2v) is 5.24. The summed E-state index contributed by atoms with van der Waals surface area (Å²) in [7, 11) is 0. The molecule has 1 aromatic rings. The van der Waals surface area contributed by atoms with E-state index in [1.165, 1.54) is 5.56 Å². The Balaban J connectivity index is 1.91. The van der Waals surface area contributed by atoms with Crippen molar-refractivity contribution in [2.75, 3.05) is 13.2 Å². The molecule has 16 heavy (non-hydrogen) atoms. The molecule has 0 spiro atoms. The summed E-state index contributed by atoms with van der Waals surface area (Å²) in [6.07, 6.45) is 2.25. The minimum atomic E-state index is 0.413. The van der Waals surface area contributed by atoms with E-state index in [4.69, 9.17) is 4.74 Å². The number of nitrogens with one attached hydrogen (secondary N) is 1. The number of rotatable bonds is 3. The molecule has 0 aliphatic carbocycles. The molecule has 1 atom stereocenters. The molecule has 0 aromatic heterocycles. The highest BCUT2D eigenvalue weighted by Gasteiger charge is 2.16. The lowest BCUT2D eigenvalue weighted by molar-refractivity contribution is 0.0754. The molecule has 0 amide bonds. The van der Waals surface area contributed by atoms with Crippen molar-refractivity contribution in [1.29, 1.82) is 0 Å². The van der Waals surface area contributed by atoms with E-state index in [1.54, 1.807) is 0 Å². The van der Waals surface area contributed by atoms with Crippen LogP contribution in [0.5, 0.6) is 0 Å². The molecule has 1 aliphatic heterocycles. The topological polar surface area (TPSA) is 21.3 Å². The Morgan fingerprint density at radius 2 is 1.88 bits per heavy atom. The lowest BCUT2D eigenvalue weighted by Crippen LogP contribution is -2.36. The van der Waals surface area contributed by atoms with Crippen molar-refractivity contribution in [3.8, 4) is 0 Å². The molecule has 3 heteroatoms. The van der Waals surface area contributed by atoms with E-state index in [9.17, 15) is 0 Å². The van der Waals surface area contributed by atoms with E-state index in [1.807, 2.05) is 0 Å². The predicted octanol–water partition coefficient (Wildman–Crippen LogP) is 3.28. The van der Waals surface area contributed by atoms with Gasteiger partial charge in [0.1, 0.15) is 0 Å². The van der Waals surface area contributed by atoms with Crippen molar-refractivity contribution < 1.29 is 4.74 Å². The minimum Gasteiger partial charge on any atom is -0.381 e. The molecule has 1 aromatic carbocycles. The SMILES string of the molecule is CC(NC1CCOCC1)c1ccc(Br)cc1. The highest BCUT2D eigenvalue weighted by Crippen LogP contribution is 2.18. The summed E-state index contributed by atoms with van der Waals surface area (Å²) >= 11 is 3.46. The number of hydrogen-bond acceptors (Lipinski definition) is 2. The van der Waals surface area contributed by atoms with Crippen LogP contribution in [0.25, 0.3) is 0 Å². The second kappa shape index (κ2) is 5.80. The molecule has 2 nitrogen and oxygen atoms in total. The first kappa shape index (κ1) is 12.1. The summed E-state index contributed by atoms with van der Waals surface area (Å²) in [5.74, 6) is 0. The van der Waals surface area contributed by atoms with Crippen LogP contribution in [0.3, 0.4) is 0 Å². The Hall–Kier alpha value is -0.380. The van der Waals surface area contributed by atoms with Crippen LogP contribution in [-0.4, -0.2) is 19.3 Å². The highest BCUT2D eigenvalue weighted by molar-refractivity contribution is 9.10. The first-order valence-corrected chi connectivity index (χ1v) is 6.64. The van der Waals surface area contributed by atoms with Crippen LogP contribution in [0.2, 0.25) is 0 Å². The normalized spacial score (nSPS) is 19.6. The average molecular weight is 284 g/mol. The summed E-state index contributed by atoms with van der Waals surface area (Å²) in [5, 5.41) is 3.66. The van der Waals surface area contributed by atoms with Gasteiger partial charge in [-0.3, -0.25) is 0 Å². The van der Waals surface area contributed by atoms with Gasteiger partial charge < -0.3 is 10.1 Å². The number of benzene rings is 1. The zero-order valence-corrected chi connectivity index (χ0v) is 11.2. The summed E-state index contributed by atoms with van der Waals surface area (Å²) in [5.41, 5.74) is 1.34. The van der Waals surface area contributed by atoms with Crippen LogP contribution in [-0.2, 0) is 4.74 Å².